The molecule has 144 valence electrons. The molecule has 27 heavy (non-hydrogen) atoms. The fraction of sp³-hybridized carbons (Fsp3) is 0.368. The van der Waals surface area contributed by atoms with Crippen LogP contribution in [-0.2, 0) is 16.0 Å². The third-order valence-corrected chi connectivity index (χ3v) is 5.76. The maximum Gasteiger partial charge on any atom is 0.260 e. The summed E-state index contributed by atoms with van der Waals surface area (Å²) in [6.07, 6.45) is 1.17. The summed E-state index contributed by atoms with van der Waals surface area (Å²) in [5, 5.41) is 2.85. The van der Waals surface area contributed by atoms with Crippen LogP contribution in [0.3, 0.4) is 0 Å². The molecule has 1 aromatic carbocycles. The van der Waals surface area contributed by atoms with Crippen LogP contribution in [0.2, 0.25) is 10.0 Å². The first-order valence-electron chi connectivity index (χ1n) is 8.68. The number of nitrogens with zero attached hydrogens (tertiary/aromatic N) is 2. The van der Waals surface area contributed by atoms with Crippen LogP contribution in [0.15, 0.2) is 35.7 Å². The molecule has 2 aromatic rings. The van der Waals surface area contributed by atoms with E-state index in [9.17, 15) is 9.59 Å². The second-order valence-corrected chi connectivity index (χ2v) is 8.11. The van der Waals surface area contributed by atoms with E-state index in [-0.39, 0.29) is 18.4 Å². The molecular weight excluding hydrogens is 407 g/mol. The minimum atomic E-state index is -0.117. The summed E-state index contributed by atoms with van der Waals surface area (Å²) in [5.41, 5.74) is 0. The summed E-state index contributed by atoms with van der Waals surface area (Å²) in [6.45, 7) is 2.23. The largest absolute Gasteiger partial charge is 0.482 e. The molecule has 0 unspecified atom stereocenters. The van der Waals surface area contributed by atoms with E-state index in [1.165, 1.54) is 0 Å². The van der Waals surface area contributed by atoms with Gasteiger partial charge in [0.05, 0.1) is 11.4 Å². The highest BCUT2D eigenvalue weighted by Gasteiger charge is 2.22. The van der Waals surface area contributed by atoms with Crippen LogP contribution in [0.4, 0.5) is 0 Å². The van der Waals surface area contributed by atoms with Crippen LogP contribution in [0.25, 0.3) is 0 Å². The molecule has 0 radical (unpaired) electrons. The topological polar surface area (TPSA) is 49.9 Å². The van der Waals surface area contributed by atoms with Crippen molar-refractivity contribution < 1.29 is 14.3 Å². The Morgan fingerprint density at radius 1 is 1.04 bits per heavy atom. The van der Waals surface area contributed by atoms with Crippen LogP contribution in [-0.4, -0.2) is 54.4 Å². The Labute approximate surface area is 172 Å². The molecule has 0 aliphatic carbocycles. The van der Waals surface area contributed by atoms with Crippen LogP contribution in [0.1, 0.15) is 11.3 Å². The van der Waals surface area contributed by atoms with E-state index >= 15 is 0 Å². The fourth-order valence-electron chi connectivity index (χ4n) is 2.91. The molecule has 3 rings (SSSR count). The lowest BCUT2D eigenvalue weighted by Crippen LogP contribution is -2.39. The Bertz CT molecular complexity index is 798. The van der Waals surface area contributed by atoms with E-state index in [0.29, 0.717) is 48.4 Å². The molecule has 1 aliphatic rings. The lowest BCUT2D eigenvalue weighted by molar-refractivity contribution is -0.134. The number of carbonyl (C=O) groups is 2. The number of hydrogen-bond donors (Lipinski definition) is 0. The van der Waals surface area contributed by atoms with E-state index in [4.69, 9.17) is 27.9 Å². The predicted molar refractivity (Wildman–Crippen MR) is 108 cm³/mol. The Hall–Kier alpha value is -1.76. The summed E-state index contributed by atoms with van der Waals surface area (Å²) >= 11 is 13.5. The molecule has 1 aromatic heterocycles. The van der Waals surface area contributed by atoms with E-state index < -0.39 is 0 Å². The highest BCUT2D eigenvalue weighted by molar-refractivity contribution is 7.10. The molecule has 0 atom stereocenters. The Morgan fingerprint density at radius 2 is 1.78 bits per heavy atom. The number of ether oxygens (including phenoxy) is 1. The van der Waals surface area contributed by atoms with Gasteiger partial charge in [-0.3, -0.25) is 9.59 Å². The number of thiophene rings is 1. The molecule has 0 saturated carbocycles. The average Bonchev–Trinajstić information content (AvgIpc) is 3.01. The van der Waals surface area contributed by atoms with Crippen molar-refractivity contribution in [3.05, 3.63) is 50.6 Å². The highest BCUT2D eigenvalue weighted by atomic mass is 35.5. The van der Waals surface area contributed by atoms with E-state index in [1.54, 1.807) is 34.4 Å². The van der Waals surface area contributed by atoms with Crippen molar-refractivity contribution in [2.75, 3.05) is 32.8 Å². The minimum absolute atomic E-state index is 0.0928. The Kier molecular flexibility index (Phi) is 6.99. The number of carbonyl (C=O) groups excluding carboxylic acids is 2. The molecule has 0 N–H and O–H groups in total. The van der Waals surface area contributed by atoms with E-state index in [0.717, 1.165) is 11.3 Å². The summed E-state index contributed by atoms with van der Waals surface area (Å²) in [5.74, 6) is 0.418. The number of benzene rings is 1. The number of hydrogen-bond acceptors (Lipinski definition) is 4. The lowest BCUT2D eigenvalue weighted by atomic mass is 10.3. The highest BCUT2D eigenvalue weighted by Crippen LogP contribution is 2.27. The van der Waals surface area contributed by atoms with Crippen molar-refractivity contribution in [2.24, 2.45) is 0 Å². The first-order valence-corrected chi connectivity index (χ1v) is 10.3. The number of rotatable bonds is 5. The lowest BCUT2D eigenvalue weighted by Gasteiger charge is -2.22. The van der Waals surface area contributed by atoms with Gasteiger partial charge in [0.15, 0.2) is 6.61 Å². The molecular formula is C19H20Cl2N2O3S. The maximum absolute atomic E-state index is 12.5. The molecule has 1 aliphatic heterocycles. The Morgan fingerprint density at radius 3 is 2.44 bits per heavy atom. The summed E-state index contributed by atoms with van der Waals surface area (Å²) in [4.78, 5) is 29.6. The zero-order chi connectivity index (χ0) is 19.2. The molecule has 2 heterocycles. The van der Waals surface area contributed by atoms with Crippen molar-refractivity contribution in [2.45, 2.75) is 12.8 Å². The first kappa shape index (κ1) is 20.0. The van der Waals surface area contributed by atoms with Crippen molar-refractivity contribution in [3.63, 3.8) is 0 Å². The number of amides is 2. The van der Waals surface area contributed by atoms with Crippen molar-refractivity contribution in [1.29, 1.82) is 0 Å². The van der Waals surface area contributed by atoms with Gasteiger partial charge in [0.1, 0.15) is 5.75 Å². The van der Waals surface area contributed by atoms with Gasteiger partial charge in [-0.15, -0.1) is 11.3 Å². The third kappa shape index (κ3) is 5.61. The standard InChI is InChI=1S/C19H20Cl2N2O3S/c20-14-4-5-17(16(21)11-14)26-13-19(25)23-7-2-6-22(8-9-23)18(24)12-15-3-1-10-27-15/h1,3-5,10-11H,2,6-9,12-13H2. The fourth-order valence-corrected chi connectivity index (χ4v) is 4.07. The molecule has 0 bridgehead atoms. The van der Waals surface area contributed by atoms with Gasteiger partial charge in [0.25, 0.3) is 5.91 Å². The van der Waals surface area contributed by atoms with Gasteiger partial charge in [-0.05, 0) is 36.1 Å². The molecule has 1 saturated heterocycles. The van der Waals surface area contributed by atoms with E-state index in [2.05, 4.69) is 0 Å². The van der Waals surface area contributed by atoms with Gasteiger partial charge in [-0.25, -0.2) is 0 Å². The average molecular weight is 427 g/mol. The monoisotopic (exact) mass is 426 g/mol. The van der Waals surface area contributed by atoms with Gasteiger partial charge >= 0.3 is 0 Å². The number of halogens is 2. The SMILES string of the molecule is O=C(COc1ccc(Cl)cc1Cl)N1CCCN(C(=O)Cc2cccs2)CC1. The maximum atomic E-state index is 12.5. The molecule has 8 heteroatoms. The van der Waals surface area contributed by atoms with Crippen LogP contribution in [0, 0.1) is 0 Å². The second-order valence-electron chi connectivity index (χ2n) is 6.23. The van der Waals surface area contributed by atoms with Crippen LogP contribution in [0.5, 0.6) is 5.75 Å². The van der Waals surface area contributed by atoms with Crippen molar-refractivity contribution in [3.8, 4) is 5.75 Å². The van der Waals surface area contributed by atoms with Crippen molar-refractivity contribution >= 4 is 46.4 Å². The van der Waals surface area contributed by atoms with Gasteiger partial charge in [0.2, 0.25) is 5.91 Å². The second kappa shape index (κ2) is 9.44. The molecule has 0 spiro atoms. The minimum Gasteiger partial charge on any atom is -0.482 e. The van der Waals surface area contributed by atoms with Crippen molar-refractivity contribution in [1.82, 2.24) is 9.80 Å². The smallest absolute Gasteiger partial charge is 0.260 e. The normalized spacial score (nSPS) is 14.7. The van der Waals surface area contributed by atoms with Gasteiger partial charge in [-0.2, -0.15) is 0 Å². The van der Waals surface area contributed by atoms with Crippen LogP contribution < -0.4 is 4.74 Å². The third-order valence-electron chi connectivity index (χ3n) is 4.35. The van der Waals surface area contributed by atoms with Gasteiger partial charge in [0, 0.05) is 36.1 Å². The van der Waals surface area contributed by atoms with Gasteiger partial charge < -0.3 is 14.5 Å². The predicted octanol–water partition coefficient (Wildman–Crippen LogP) is 3.74. The van der Waals surface area contributed by atoms with Gasteiger partial charge in [-0.1, -0.05) is 29.3 Å². The zero-order valence-corrected chi connectivity index (χ0v) is 17.0. The summed E-state index contributed by atoms with van der Waals surface area (Å²) in [6, 6.07) is 8.80. The summed E-state index contributed by atoms with van der Waals surface area (Å²) < 4.78 is 5.53. The van der Waals surface area contributed by atoms with E-state index in [1.807, 2.05) is 22.4 Å². The quantitative estimate of drug-likeness (QED) is 0.731. The Balaban J connectivity index is 1.49. The zero-order valence-electron chi connectivity index (χ0n) is 14.7. The first-order chi connectivity index (χ1) is 13.0. The molecule has 2 amide bonds. The van der Waals surface area contributed by atoms with Crippen LogP contribution >= 0.6 is 34.5 Å². The molecule has 5 nitrogen and oxygen atoms in total. The molecule has 1 fully saturated rings. The summed E-state index contributed by atoms with van der Waals surface area (Å²) in [7, 11) is 0.